The number of carboxylic acid groups (broad SMARTS) is 1. The lowest BCUT2D eigenvalue weighted by Gasteiger charge is -2.06. The molecule has 0 aliphatic heterocycles. The first kappa shape index (κ1) is 11.2. The minimum absolute atomic E-state index is 0.0712. The second-order valence-electron chi connectivity index (χ2n) is 3.69. The van der Waals surface area contributed by atoms with Crippen LogP contribution < -0.4 is 5.32 Å². The van der Waals surface area contributed by atoms with Crippen LogP contribution in [0.3, 0.4) is 0 Å². The predicted octanol–water partition coefficient (Wildman–Crippen LogP) is 2.85. The zero-order chi connectivity index (χ0) is 12.1. The number of hydrogen-bond acceptors (Lipinski definition) is 2. The molecule has 0 unspecified atom stereocenters. The molecule has 2 rings (SSSR count). The van der Waals surface area contributed by atoms with Gasteiger partial charge in [-0.3, -0.25) is 4.79 Å². The second kappa shape index (κ2) is 5.16. The summed E-state index contributed by atoms with van der Waals surface area (Å²) >= 11 is 0. The zero-order valence-electron chi connectivity index (χ0n) is 9.26. The molecule has 86 valence electrons. The molecule has 2 N–H and O–H groups in total. The van der Waals surface area contributed by atoms with Crippen LogP contribution in [0, 0.1) is 0 Å². The fourth-order valence-electron chi connectivity index (χ4n) is 1.62. The molecule has 3 nitrogen and oxygen atoms in total. The molecule has 0 bridgehead atoms. The molecule has 3 heteroatoms. The van der Waals surface area contributed by atoms with E-state index in [0.29, 0.717) is 0 Å². The molecule has 0 saturated heterocycles. The van der Waals surface area contributed by atoms with Crippen LogP contribution >= 0.6 is 0 Å². The number of carboxylic acids is 1. The second-order valence-corrected chi connectivity index (χ2v) is 3.69. The highest BCUT2D eigenvalue weighted by molar-refractivity contribution is 5.74. The van der Waals surface area contributed by atoms with Gasteiger partial charge in [0, 0.05) is 5.69 Å². The first-order chi connectivity index (χ1) is 8.25. The Morgan fingerprint density at radius 2 is 1.71 bits per heavy atom. The van der Waals surface area contributed by atoms with Gasteiger partial charge in [0.2, 0.25) is 0 Å². The van der Waals surface area contributed by atoms with Gasteiger partial charge < -0.3 is 10.4 Å². The molecule has 0 aliphatic carbocycles. The number of benzene rings is 2. The average Bonchev–Trinajstić information content (AvgIpc) is 2.38. The van der Waals surface area contributed by atoms with Crippen LogP contribution in [0.1, 0.15) is 0 Å². The molecule has 0 aromatic heterocycles. The van der Waals surface area contributed by atoms with Crippen LogP contribution in [0.4, 0.5) is 5.69 Å². The van der Waals surface area contributed by atoms with Crippen LogP contribution in [0.2, 0.25) is 0 Å². The van der Waals surface area contributed by atoms with Crippen molar-refractivity contribution in [1.82, 2.24) is 0 Å². The van der Waals surface area contributed by atoms with Crippen LogP contribution in [0.5, 0.6) is 0 Å². The van der Waals surface area contributed by atoms with Crippen LogP contribution in [-0.2, 0) is 4.79 Å². The van der Waals surface area contributed by atoms with E-state index in [2.05, 4.69) is 5.32 Å². The Morgan fingerprint density at radius 1 is 1.00 bits per heavy atom. The Hall–Kier alpha value is -2.29. The Labute approximate surface area is 99.7 Å². The summed E-state index contributed by atoms with van der Waals surface area (Å²) in [5.74, 6) is -0.866. The van der Waals surface area contributed by atoms with E-state index >= 15 is 0 Å². The summed E-state index contributed by atoms with van der Waals surface area (Å²) < 4.78 is 0. The minimum atomic E-state index is -0.866. The Balaban J connectivity index is 2.20. The molecule has 0 radical (unpaired) electrons. The minimum Gasteiger partial charge on any atom is -0.480 e. The lowest BCUT2D eigenvalue weighted by atomic mass is 10.1. The van der Waals surface area contributed by atoms with Crippen molar-refractivity contribution in [2.45, 2.75) is 0 Å². The van der Waals surface area contributed by atoms with Gasteiger partial charge in [-0.05, 0) is 23.3 Å². The Morgan fingerprint density at radius 3 is 2.41 bits per heavy atom. The monoisotopic (exact) mass is 227 g/mol. The topological polar surface area (TPSA) is 49.3 Å². The molecule has 2 aromatic rings. The summed E-state index contributed by atoms with van der Waals surface area (Å²) in [5.41, 5.74) is 3.00. The van der Waals surface area contributed by atoms with Crippen molar-refractivity contribution in [3.63, 3.8) is 0 Å². The number of hydrogen-bond donors (Lipinski definition) is 2. The summed E-state index contributed by atoms with van der Waals surface area (Å²) in [4.78, 5) is 10.5. The molecule has 0 aliphatic rings. The van der Waals surface area contributed by atoms with E-state index in [-0.39, 0.29) is 6.54 Å². The van der Waals surface area contributed by atoms with Gasteiger partial charge >= 0.3 is 5.97 Å². The third-order valence-electron chi connectivity index (χ3n) is 2.41. The number of carbonyl (C=O) groups is 1. The fourth-order valence-corrected chi connectivity index (χ4v) is 1.62. The highest BCUT2D eigenvalue weighted by Crippen LogP contribution is 2.21. The van der Waals surface area contributed by atoms with Crippen molar-refractivity contribution in [2.24, 2.45) is 0 Å². The Kier molecular flexibility index (Phi) is 3.40. The SMILES string of the molecule is O=C(O)CNc1cccc(-c2ccccc2)c1. The van der Waals surface area contributed by atoms with Gasteiger partial charge in [-0.15, -0.1) is 0 Å². The van der Waals surface area contributed by atoms with Crippen LogP contribution in [-0.4, -0.2) is 17.6 Å². The summed E-state index contributed by atoms with van der Waals surface area (Å²) in [5, 5.41) is 11.5. The zero-order valence-corrected chi connectivity index (χ0v) is 9.26. The summed E-state index contributed by atoms with van der Waals surface area (Å²) in [6.45, 7) is -0.0712. The number of aliphatic carboxylic acids is 1. The summed E-state index contributed by atoms with van der Waals surface area (Å²) in [7, 11) is 0. The molecular formula is C14H13NO2. The van der Waals surface area contributed by atoms with Crippen LogP contribution in [0.15, 0.2) is 54.6 Å². The normalized spacial score (nSPS) is 9.88. The van der Waals surface area contributed by atoms with E-state index in [1.54, 1.807) is 0 Å². The van der Waals surface area contributed by atoms with E-state index in [1.165, 1.54) is 0 Å². The molecule has 17 heavy (non-hydrogen) atoms. The predicted molar refractivity (Wildman–Crippen MR) is 68.0 cm³/mol. The number of anilines is 1. The van der Waals surface area contributed by atoms with E-state index in [0.717, 1.165) is 16.8 Å². The van der Waals surface area contributed by atoms with Gasteiger partial charge in [0.1, 0.15) is 6.54 Å². The lowest BCUT2D eigenvalue weighted by molar-refractivity contribution is -0.134. The standard InChI is InChI=1S/C14H13NO2/c16-14(17)10-15-13-8-4-7-12(9-13)11-5-2-1-3-6-11/h1-9,15H,10H2,(H,16,17). The molecule has 0 atom stereocenters. The molecule has 0 heterocycles. The molecular weight excluding hydrogens is 214 g/mol. The lowest BCUT2D eigenvalue weighted by Crippen LogP contribution is -2.12. The number of rotatable bonds is 4. The van der Waals surface area contributed by atoms with Crippen molar-refractivity contribution in [3.8, 4) is 11.1 Å². The average molecular weight is 227 g/mol. The third kappa shape index (κ3) is 3.08. The maximum atomic E-state index is 10.5. The molecule has 0 amide bonds. The van der Waals surface area contributed by atoms with Gasteiger partial charge in [-0.1, -0.05) is 42.5 Å². The summed E-state index contributed by atoms with van der Waals surface area (Å²) in [6, 6.07) is 17.7. The van der Waals surface area contributed by atoms with Crippen molar-refractivity contribution in [2.75, 3.05) is 11.9 Å². The smallest absolute Gasteiger partial charge is 0.322 e. The highest BCUT2D eigenvalue weighted by atomic mass is 16.4. The maximum absolute atomic E-state index is 10.5. The molecule has 0 saturated carbocycles. The van der Waals surface area contributed by atoms with Gasteiger partial charge in [0.15, 0.2) is 0 Å². The van der Waals surface area contributed by atoms with Crippen molar-refractivity contribution >= 4 is 11.7 Å². The number of nitrogens with one attached hydrogen (secondary N) is 1. The van der Waals surface area contributed by atoms with Crippen LogP contribution in [0.25, 0.3) is 11.1 Å². The van der Waals surface area contributed by atoms with Crippen molar-refractivity contribution < 1.29 is 9.90 Å². The third-order valence-corrected chi connectivity index (χ3v) is 2.41. The van der Waals surface area contributed by atoms with Gasteiger partial charge in [-0.25, -0.2) is 0 Å². The molecule has 0 spiro atoms. The maximum Gasteiger partial charge on any atom is 0.322 e. The van der Waals surface area contributed by atoms with Crippen molar-refractivity contribution in [1.29, 1.82) is 0 Å². The molecule has 0 fully saturated rings. The van der Waals surface area contributed by atoms with E-state index in [9.17, 15) is 4.79 Å². The first-order valence-electron chi connectivity index (χ1n) is 5.37. The van der Waals surface area contributed by atoms with Crippen molar-refractivity contribution in [3.05, 3.63) is 54.6 Å². The van der Waals surface area contributed by atoms with E-state index < -0.39 is 5.97 Å². The van der Waals surface area contributed by atoms with E-state index in [4.69, 9.17) is 5.11 Å². The van der Waals surface area contributed by atoms with Gasteiger partial charge in [0.05, 0.1) is 0 Å². The van der Waals surface area contributed by atoms with Gasteiger partial charge in [-0.2, -0.15) is 0 Å². The first-order valence-corrected chi connectivity index (χ1v) is 5.37. The fraction of sp³-hybridized carbons (Fsp3) is 0.0714. The largest absolute Gasteiger partial charge is 0.480 e. The molecule has 2 aromatic carbocycles. The summed E-state index contributed by atoms with van der Waals surface area (Å²) in [6.07, 6.45) is 0. The van der Waals surface area contributed by atoms with Gasteiger partial charge in [0.25, 0.3) is 0 Å². The quantitative estimate of drug-likeness (QED) is 0.844. The Bertz CT molecular complexity index is 509. The van der Waals surface area contributed by atoms with E-state index in [1.807, 2.05) is 54.6 Å². The highest BCUT2D eigenvalue weighted by Gasteiger charge is 2.00.